The topological polar surface area (TPSA) is 191 Å². The van der Waals surface area contributed by atoms with E-state index in [1.165, 1.54) is 42.2 Å². The van der Waals surface area contributed by atoms with Crippen LogP contribution in [0.25, 0.3) is 10.9 Å². The van der Waals surface area contributed by atoms with Crippen molar-refractivity contribution >= 4 is 62.6 Å². The highest BCUT2D eigenvalue weighted by atomic mass is 32.2. The zero-order chi connectivity index (χ0) is 61.2. The molecule has 22 heteroatoms. The molecule has 1 saturated heterocycles. The molecule has 2 amide bonds. The lowest BCUT2D eigenvalue weighted by molar-refractivity contribution is -0.661. The summed E-state index contributed by atoms with van der Waals surface area (Å²) in [6, 6.07) is 48.2. The van der Waals surface area contributed by atoms with Gasteiger partial charge in [0.25, 0.3) is 11.8 Å². The molecule has 0 spiro atoms. The summed E-state index contributed by atoms with van der Waals surface area (Å²) in [5.41, 5.74) is 3.12. The lowest BCUT2D eigenvalue weighted by Gasteiger charge is -2.49. The van der Waals surface area contributed by atoms with Gasteiger partial charge in [0, 0.05) is 48.4 Å². The van der Waals surface area contributed by atoms with Gasteiger partial charge < -0.3 is 53.4 Å². The zero-order valence-electron chi connectivity index (χ0n) is 48.3. The van der Waals surface area contributed by atoms with Crippen LogP contribution in [0.1, 0.15) is 33.5 Å². The standard InChI is InChI=1S/C66H62F2N6O12S2/c1-78-33-35-81-42-84-59-52(67)37-47(55(68)60(59)85-43-82-36-34-79-2)39-86-72-56(53-41-88-65(69-53)71-66(48-20-7-4-8-21-48,49-22-9-5-10-23-49)50-24-11-6-12-25-50)61(75)70-57-62(76)74-58(64(77)83-38-44-27-29-51(80-3)30-28-44)46(40-87-63(57)74)19-16-32-73-31-15-18-45-17-13-14-26-54(45)73/h4-31,37,41,57,63H,32-36,38-40,42-43H2,1-3H3,(H-,69,70,71,75)/p+1. The fourth-order valence-electron chi connectivity index (χ4n) is 9.96. The van der Waals surface area contributed by atoms with Crippen LogP contribution >= 0.6 is 23.1 Å². The number of ether oxygens (including phenoxy) is 8. The fourth-order valence-corrected chi connectivity index (χ4v) is 12.0. The summed E-state index contributed by atoms with van der Waals surface area (Å²) in [6.07, 6.45) is 5.70. The number of methoxy groups -OCH3 is 3. The average molecular weight is 1230 g/mol. The van der Waals surface area contributed by atoms with E-state index in [-0.39, 0.29) is 55.7 Å². The molecule has 1 fully saturated rings. The van der Waals surface area contributed by atoms with E-state index in [0.717, 1.165) is 33.7 Å². The molecule has 2 N–H and O–H groups in total. The molecule has 88 heavy (non-hydrogen) atoms. The Kier molecular flexibility index (Phi) is 21.2. The van der Waals surface area contributed by atoms with Crippen LogP contribution in [0, 0.1) is 11.6 Å². The summed E-state index contributed by atoms with van der Waals surface area (Å²) >= 11 is 2.51. The van der Waals surface area contributed by atoms with Crippen LogP contribution in [0.2, 0.25) is 0 Å². The summed E-state index contributed by atoms with van der Waals surface area (Å²) < 4.78 is 77.7. The Balaban J connectivity index is 0.966. The molecule has 10 rings (SSSR count). The number of thioether (sulfide) groups is 1. The number of nitrogens with zero attached hydrogens (tertiary/aromatic N) is 4. The van der Waals surface area contributed by atoms with E-state index < -0.39 is 83.8 Å². The zero-order valence-corrected chi connectivity index (χ0v) is 49.9. The summed E-state index contributed by atoms with van der Waals surface area (Å²) in [5.74, 6) is -4.68. The number of halogens is 2. The third-order valence-corrected chi connectivity index (χ3v) is 16.4. The Hall–Kier alpha value is -9.03. The monoisotopic (exact) mass is 1230 g/mol. The molecular formula is C66H63F2N6O12S2+. The maximum Gasteiger partial charge on any atom is 0.355 e. The van der Waals surface area contributed by atoms with Gasteiger partial charge in [-0.3, -0.25) is 14.5 Å². The van der Waals surface area contributed by atoms with Gasteiger partial charge in [0.1, 0.15) is 47.3 Å². The van der Waals surface area contributed by atoms with Gasteiger partial charge >= 0.3 is 5.97 Å². The highest BCUT2D eigenvalue weighted by Gasteiger charge is 2.54. The molecule has 2 atom stereocenters. The van der Waals surface area contributed by atoms with Gasteiger partial charge in [-0.05, 0) is 64.2 Å². The minimum atomic E-state index is -1.19. The molecule has 0 aliphatic carbocycles. The Morgan fingerprint density at radius 1 is 0.773 bits per heavy atom. The number of fused-ring (bicyclic) bond motifs is 2. The second kappa shape index (κ2) is 30.1. The van der Waals surface area contributed by atoms with E-state index in [2.05, 4.69) is 20.4 Å². The van der Waals surface area contributed by atoms with Gasteiger partial charge in [-0.1, -0.05) is 126 Å². The van der Waals surface area contributed by atoms with Crippen molar-refractivity contribution in [1.82, 2.24) is 15.2 Å². The first-order valence-electron chi connectivity index (χ1n) is 27.9. The van der Waals surface area contributed by atoms with E-state index in [0.29, 0.717) is 28.6 Å². The molecule has 2 aliphatic rings. The third-order valence-electron chi connectivity index (χ3n) is 14.3. The maximum atomic E-state index is 16.6. The summed E-state index contributed by atoms with van der Waals surface area (Å²) in [6.45, 7) is -0.726. The fraction of sp³-hybridized carbons (Fsp3) is 0.242. The number of anilines is 1. The number of aromatic nitrogens is 2. The number of carbonyl (C=O) groups excluding carboxylic acids is 3. The SMILES string of the molecule is COCCOCOc1c(F)cc(CON=C(C(=O)NC2C(=O)N3C(C(=O)OCc4ccc(OC)cc4)=C(C=CC[n+]4cccc5ccccc54)CSC23)c2csc(NC(c3ccccc3)(c3ccccc3)c3ccccc3)n2)c(F)c1OCOCCOC. The highest BCUT2D eigenvalue weighted by Crippen LogP contribution is 2.43. The molecule has 0 saturated carbocycles. The molecule has 2 unspecified atom stereocenters. The first-order valence-corrected chi connectivity index (χ1v) is 29.9. The van der Waals surface area contributed by atoms with Crippen LogP contribution in [0.5, 0.6) is 17.2 Å². The number of amides is 2. The van der Waals surface area contributed by atoms with E-state index in [1.54, 1.807) is 36.8 Å². The third kappa shape index (κ3) is 14.3. The number of rotatable bonds is 30. The lowest BCUT2D eigenvalue weighted by atomic mass is 9.77. The molecule has 0 radical (unpaired) electrons. The molecule has 2 aromatic heterocycles. The van der Waals surface area contributed by atoms with Crippen molar-refractivity contribution in [2.75, 3.05) is 72.4 Å². The number of nitrogens with one attached hydrogen (secondary N) is 2. The normalized spacial score (nSPS) is 15.0. The number of allylic oxidation sites excluding steroid dienone is 2. The van der Waals surface area contributed by atoms with E-state index >= 15 is 13.6 Å². The minimum absolute atomic E-state index is 0.00768. The van der Waals surface area contributed by atoms with Gasteiger partial charge in [-0.15, -0.1) is 23.1 Å². The second-order valence-corrected chi connectivity index (χ2v) is 21.8. The van der Waals surface area contributed by atoms with Crippen LogP contribution < -0.4 is 29.4 Å². The number of para-hydroxylation sites is 1. The van der Waals surface area contributed by atoms with Gasteiger partial charge in [-0.2, -0.15) is 4.57 Å². The predicted octanol–water partition coefficient (Wildman–Crippen LogP) is 9.85. The minimum Gasteiger partial charge on any atom is -0.497 e. The number of hydrogen-bond acceptors (Lipinski definition) is 17. The summed E-state index contributed by atoms with van der Waals surface area (Å²) in [4.78, 5) is 56.1. The second-order valence-electron chi connectivity index (χ2n) is 19.8. The highest BCUT2D eigenvalue weighted by molar-refractivity contribution is 8.00. The van der Waals surface area contributed by atoms with Crippen molar-refractivity contribution in [3.8, 4) is 17.2 Å². The maximum absolute atomic E-state index is 16.6. The van der Waals surface area contributed by atoms with Gasteiger partial charge in [0.05, 0.1) is 33.5 Å². The molecule has 4 heterocycles. The van der Waals surface area contributed by atoms with Gasteiger partial charge in [0.2, 0.25) is 17.0 Å². The van der Waals surface area contributed by atoms with Crippen molar-refractivity contribution in [2.45, 2.75) is 36.7 Å². The van der Waals surface area contributed by atoms with Crippen LogP contribution in [-0.4, -0.2) is 112 Å². The molecule has 6 aromatic carbocycles. The van der Waals surface area contributed by atoms with Crippen LogP contribution in [0.15, 0.2) is 198 Å². The molecule has 454 valence electrons. The van der Waals surface area contributed by atoms with Crippen LogP contribution in [-0.2, 0) is 68.2 Å². The predicted molar refractivity (Wildman–Crippen MR) is 327 cm³/mol. The summed E-state index contributed by atoms with van der Waals surface area (Å²) in [5, 5.41) is 13.0. The largest absolute Gasteiger partial charge is 0.497 e. The van der Waals surface area contributed by atoms with Crippen molar-refractivity contribution in [2.24, 2.45) is 5.16 Å². The van der Waals surface area contributed by atoms with Gasteiger partial charge in [-0.25, -0.2) is 18.6 Å². The smallest absolute Gasteiger partial charge is 0.355 e. The van der Waals surface area contributed by atoms with E-state index in [1.807, 2.05) is 146 Å². The Labute approximate surface area is 515 Å². The first-order chi connectivity index (χ1) is 43.1. The van der Waals surface area contributed by atoms with Crippen molar-refractivity contribution < 1.29 is 70.5 Å². The van der Waals surface area contributed by atoms with Crippen LogP contribution in [0.4, 0.5) is 13.9 Å². The van der Waals surface area contributed by atoms with Crippen LogP contribution in [0.3, 0.4) is 0 Å². The summed E-state index contributed by atoms with van der Waals surface area (Å²) in [7, 11) is 4.52. The number of thiazole rings is 1. The average Bonchev–Trinajstić information content (AvgIpc) is 1.26. The first kappa shape index (κ1) is 62.0. The number of carbonyl (C=O) groups is 3. The number of esters is 1. The van der Waals surface area contributed by atoms with E-state index in [4.69, 9.17) is 47.7 Å². The Morgan fingerprint density at radius 2 is 1.40 bits per heavy atom. The van der Waals surface area contributed by atoms with E-state index in [9.17, 15) is 9.59 Å². The quantitative estimate of drug-likeness (QED) is 0.00632. The molecule has 8 aromatic rings. The molecular weight excluding hydrogens is 1170 g/mol. The number of β-lactam (4-membered cyclic amide) rings is 1. The number of oxime groups is 1. The van der Waals surface area contributed by atoms with Crippen molar-refractivity contribution in [3.05, 3.63) is 238 Å². The molecule has 18 nitrogen and oxygen atoms in total. The Bertz CT molecular complexity index is 3680. The number of hydrogen-bond donors (Lipinski definition) is 2. The lowest BCUT2D eigenvalue weighted by Crippen LogP contribution is -2.71. The number of benzene rings is 6. The van der Waals surface area contributed by atoms with Crippen molar-refractivity contribution in [1.29, 1.82) is 0 Å². The van der Waals surface area contributed by atoms with Gasteiger partial charge in [0.15, 0.2) is 48.8 Å². The molecule has 2 aliphatic heterocycles. The molecule has 0 bridgehead atoms. The Morgan fingerprint density at radius 3 is 2.05 bits per heavy atom. The van der Waals surface area contributed by atoms with Crippen molar-refractivity contribution in [3.63, 3.8) is 0 Å². The number of pyridine rings is 1.